The lowest BCUT2D eigenvalue weighted by molar-refractivity contribution is -0.123. The van der Waals surface area contributed by atoms with E-state index in [0.29, 0.717) is 46.0 Å². The maximum absolute atomic E-state index is 13.7. The number of hydrogen-bond donors (Lipinski definition) is 0. The molecule has 0 aliphatic carbocycles. The van der Waals surface area contributed by atoms with E-state index in [4.69, 9.17) is 21.9 Å². The summed E-state index contributed by atoms with van der Waals surface area (Å²) in [6.07, 6.45) is 5.26. The second-order valence-corrected chi connectivity index (χ2v) is 10.5. The Kier molecular flexibility index (Phi) is 6.73. The summed E-state index contributed by atoms with van der Waals surface area (Å²) in [4.78, 5) is 35.8. The normalized spacial score (nSPS) is 19.3. The van der Waals surface area contributed by atoms with Crippen LogP contribution in [0, 0.1) is 6.92 Å². The molecule has 3 aromatic rings. The third-order valence-corrected chi connectivity index (χ3v) is 7.63. The van der Waals surface area contributed by atoms with Gasteiger partial charge in [0.2, 0.25) is 0 Å². The van der Waals surface area contributed by atoms with Crippen molar-refractivity contribution in [3.8, 4) is 0 Å². The molecule has 0 bridgehead atoms. The van der Waals surface area contributed by atoms with Crippen molar-refractivity contribution in [1.82, 2.24) is 14.3 Å². The van der Waals surface area contributed by atoms with Gasteiger partial charge in [0, 0.05) is 26.4 Å². The van der Waals surface area contributed by atoms with E-state index < -0.39 is 0 Å². The molecule has 1 unspecified atom stereocenters. The Labute approximate surface area is 213 Å². The highest BCUT2D eigenvalue weighted by Crippen LogP contribution is 2.34. The Morgan fingerprint density at radius 2 is 2.03 bits per heavy atom. The Bertz CT molecular complexity index is 1380. The maximum atomic E-state index is 13.7. The van der Waals surface area contributed by atoms with Crippen LogP contribution in [0.2, 0.25) is 0 Å². The smallest absolute Gasteiger partial charge is 0.267 e. The van der Waals surface area contributed by atoms with Crippen molar-refractivity contribution in [1.29, 1.82) is 0 Å². The molecule has 2 aliphatic heterocycles. The number of aromatic nitrogens is 2. The highest BCUT2D eigenvalue weighted by Gasteiger charge is 2.35. The third kappa shape index (κ3) is 4.76. The van der Waals surface area contributed by atoms with Crippen LogP contribution >= 0.6 is 24.0 Å². The summed E-state index contributed by atoms with van der Waals surface area (Å²) >= 11 is 6.73. The van der Waals surface area contributed by atoms with Crippen molar-refractivity contribution in [2.75, 3.05) is 25.1 Å². The molecule has 2 aromatic heterocycles. The summed E-state index contributed by atoms with van der Waals surface area (Å²) in [6.45, 7) is 3.65. The molecular weight excluding hydrogens is 480 g/mol. The highest BCUT2D eigenvalue weighted by molar-refractivity contribution is 8.26. The standard InChI is InChI=1S/C26H26N4O3S2/c1-17-8-6-12-29-22(17)27-23(28(2)15-18-9-4-3-5-10-18)20(24(29)31)14-21-25(32)30(26(34)35-21)16-19-11-7-13-33-19/h3-6,8-10,12,14,19H,7,11,13,15-16H2,1-2H3. The number of rotatable bonds is 6. The zero-order valence-corrected chi connectivity index (χ0v) is 21.3. The van der Waals surface area contributed by atoms with Gasteiger partial charge in [-0.3, -0.25) is 18.9 Å². The molecule has 0 radical (unpaired) electrons. The van der Waals surface area contributed by atoms with Crippen molar-refractivity contribution >= 4 is 51.7 Å². The lowest BCUT2D eigenvalue weighted by Crippen LogP contribution is -2.35. The summed E-state index contributed by atoms with van der Waals surface area (Å²) in [5.74, 6) is 0.332. The van der Waals surface area contributed by atoms with Crippen LogP contribution in [0.4, 0.5) is 5.82 Å². The van der Waals surface area contributed by atoms with Crippen LogP contribution in [0.1, 0.15) is 29.5 Å². The van der Waals surface area contributed by atoms with Gasteiger partial charge in [-0.1, -0.05) is 60.4 Å². The predicted molar refractivity (Wildman–Crippen MR) is 144 cm³/mol. The molecule has 2 aliphatic rings. The maximum Gasteiger partial charge on any atom is 0.267 e. The monoisotopic (exact) mass is 506 g/mol. The van der Waals surface area contributed by atoms with Crippen molar-refractivity contribution in [2.24, 2.45) is 0 Å². The van der Waals surface area contributed by atoms with Crippen molar-refractivity contribution < 1.29 is 9.53 Å². The zero-order chi connectivity index (χ0) is 24.5. The van der Waals surface area contributed by atoms with Crippen LogP contribution < -0.4 is 10.5 Å². The number of fused-ring (bicyclic) bond motifs is 1. The number of carbonyl (C=O) groups is 1. The molecule has 0 spiro atoms. The number of ether oxygens (including phenoxy) is 1. The topological polar surface area (TPSA) is 67.2 Å². The molecule has 1 aromatic carbocycles. The van der Waals surface area contributed by atoms with E-state index in [1.165, 1.54) is 16.2 Å². The molecule has 2 saturated heterocycles. The molecular formula is C26H26N4O3S2. The summed E-state index contributed by atoms with van der Waals surface area (Å²) in [6, 6.07) is 13.8. The Morgan fingerprint density at radius 3 is 2.77 bits per heavy atom. The minimum Gasteiger partial charge on any atom is -0.376 e. The van der Waals surface area contributed by atoms with Gasteiger partial charge in [0.1, 0.15) is 15.8 Å². The first-order chi connectivity index (χ1) is 16.9. The van der Waals surface area contributed by atoms with E-state index >= 15 is 0 Å². The third-order valence-electron chi connectivity index (χ3n) is 6.25. The molecule has 0 saturated carbocycles. The van der Waals surface area contributed by atoms with Gasteiger partial charge in [-0.05, 0) is 43.0 Å². The fourth-order valence-corrected chi connectivity index (χ4v) is 5.69. The summed E-state index contributed by atoms with van der Waals surface area (Å²) < 4.78 is 7.72. The number of carbonyl (C=O) groups excluding carboxylic acids is 1. The number of hydrogen-bond acceptors (Lipinski definition) is 7. The van der Waals surface area contributed by atoms with Gasteiger partial charge in [0.25, 0.3) is 11.5 Å². The number of nitrogens with zero attached hydrogens (tertiary/aromatic N) is 4. The van der Waals surface area contributed by atoms with E-state index in [2.05, 4.69) is 0 Å². The second kappa shape index (κ2) is 9.93. The number of amides is 1. The average Bonchev–Trinajstić information content (AvgIpc) is 3.46. The quantitative estimate of drug-likeness (QED) is 0.370. The highest BCUT2D eigenvalue weighted by atomic mass is 32.2. The molecule has 5 rings (SSSR count). The Morgan fingerprint density at radius 1 is 1.23 bits per heavy atom. The number of thiocarbonyl (C=S) groups is 1. The second-order valence-electron chi connectivity index (χ2n) is 8.81. The van der Waals surface area contributed by atoms with Gasteiger partial charge >= 0.3 is 0 Å². The van der Waals surface area contributed by atoms with Crippen molar-refractivity contribution in [3.05, 3.63) is 80.6 Å². The first-order valence-corrected chi connectivity index (χ1v) is 12.8. The molecule has 1 atom stereocenters. The number of benzene rings is 1. The zero-order valence-electron chi connectivity index (χ0n) is 19.6. The van der Waals surface area contributed by atoms with E-state index in [-0.39, 0.29) is 17.6 Å². The van der Waals surface area contributed by atoms with Crippen LogP contribution in [0.25, 0.3) is 11.7 Å². The van der Waals surface area contributed by atoms with Crippen LogP contribution in [-0.2, 0) is 16.1 Å². The number of pyridine rings is 1. The molecule has 2 fully saturated rings. The minimum absolute atomic E-state index is 0.000326. The fourth-order valence-electron chi connectivity index (χ4n) is 4.43. The van der Waals surface area contributed by atoms with Gasteiger partial charge in [-0.2, -0.15) is 0 Å². The molecule has 7 nitrogen and oxygen atoms in total. The van der Waals surface area contributed by atoms with Gasteiger partial charge in [-0.25, -0.2) is 4.98 Å². The largest absolute Gasteiger partial charge is 0.376 e. The molecule has 4 heterocycles. The van der Waals surface area contributed by atoms with Crippen LogP contribution in [0.5, 0.6) is 0 Å². The predicted octanol–water partition coefficient (Wildman–Crippen LogP) is 4.02. The Hall–Kier alpha value is -3.01. The van der Waals surface area contributed by atoms with Gasteiger partial charge in [0.15, 0.2) is 0 Å². The molecule has 0 N–H and O–H groups in total. The number of aryl methyl sites for hydroxylation is 1. The van der Waals surface area contributed by atoms with Gasteiger partial charge in [0.05, 0.1) is 23.1 Å². The molecule has 180 valence electrons. The van der Waals surface area contributed by atoms with Crippen molar-refractivity contribution in [3.63, 3.8) is 0 Å². The summed E-state index contributed by atoms with van der Waals surface area (Å²) in [5.41, 5.74) is 2.72. The summed E-state index contributed by atoms with van der Waals surface area (Å²) in [7, 11) is 1.91. The lowest BCUT2D eigenvalue weighted by atomic mass is 10.2. The Balaban J connectivity index is 1.57. The van der Waals surface area contributed by atoms with E-state index in [9.17, 15) is 9.59 Å². The van der Waals surface area contributed by atoms with E-state index in [0.717, 1.165) is 24.0 Å². The number of thioether (sulfide) groups is 1. The van der Waals surface area contributed by atoms with E-state index in [1.807, 2.05) is 61.3 Å². The molecule has 9 heteroatoms. The van der Waals surface area contributed by atoms with Gasteiger partial charge < -0.3 is 9.64 Å². The SMILES string of the molecule is Cc1cccn2c(=O)c(C=C3SC(=S)N(CC4CCCO4)C3=O)c(N(C)Cc3ccccc3)nc12. The summed E-state index contributed by atoms with van der Waals surface area (Å²) in [5, 5.41) is 0. The average molecular weight is 507 g/mol. The van der Waals surface area contributed by atoms with Crippen LogP contribution in [0.15, 0.2) is 58.4 Å². The minimum atomic E-state index is -0.224. The van der Waals surface area contributed by atoms with Gasteiger partial charge in [-0.15, -0.1) is 0 Å². The molecule has 35 heavy (non-hydrogen) atoms. The fraction of sp³-hybridized carbons (Fsp3) is 0.308. The first-order valence-electron chi connectivity index (χ1n) is 11.6. The molecule has 1 amide bonds. The number of anilines is 1. The van der Waals surface area contributed by atoms with Crippen LogP contribution in [-0.4, -0.2) is 50.8 Å². The van der Waals surface area contributed by atoms with Crippen LogP contribution in [0.3, 0.4) is 0 Å². The van der Waals surface area contributed by atoms with Crippen molar-refractivity contribution in [2.45, 2.75) is 32.4 Å². The lowest BCUT2D eigenvalue weighted by Gasteiger charge is -2.21. The first kappa shape index (κ1) is 23.7. The van der Waals surface area contributed by atoms with E-state index in [1.54, 1.807) is 17.2 Å².